The first-order valence-electron chi connectivity index (χ1n) is 7.15. The molecule has 1 aromatic rings. The van der Waals surface area contributed by atoms with Crippen LogP contribution >= 0.6 is 11.6 Å². The van der Waals surface area contributed by atoms with E-state index in [4.69, 9.17) is 16.3 Å². The highest BCUT2D eigenvalue weighted by molar-refractivity contribution is 6.17. The molecule has 0 spiro atoms. The number of aromatic nitrogens is 2. The minimum atomic E-state index is 0.0653. The third-order valence-corrected chi connectivity index (χ3v) is 3.83. The van der Waals surface area contributed by atoms with Crippen LogP contribution in [0.2, 0.25) is 0 Å². The fraction of sp³-hybridized carbons (Fsp3) is 0.714. The minimum Gasteiger partial charge on any atom is -0.377 e. The molecule has 112 valence electrons. The number of likely N-dealkylation sites (tertiary alicyclic amines) is 1. The predicted molar refractivity (Wildman–Crippen MR) is 78.2 cm³/mol. The molecule has 0 bridgehead atoms. The second-order valence-corrected chi connectivity index (χ2v) is 5.43. The van der Waals surface area contributed by atoms with Gasteiger partial charge in [0.05, 0.1) is 18.4 Å². The number of ether oxygens (including phenoxy) is 1. The van der Waals surface area contributed by atoms with Crippen molar-refractivity contribution in [1.82, 2.24) is 14.7 Å². The summed E-state index contributed by atoms with van der Waals surface area (Å²) < 4.78 is 7.30. The lowest BCUT2D eigenvalue weighted by atomic mass is 10.1. The largest absolute Gasteiger partial charge is 0.377 e. The summed E-state index contributed by atoms with van der Waals surface area (Å²) in [5, 5.41) is 4.33. The van der Waals surface area contributed by atoms with Gasteiger partial charge >= 0.3 is 0 Å². The Hall–Kier alpha value is -1.07. The molecule has 0 N–H and O–H groups in total. The van der Waals surface area contributed by atoms with Crippen molar-refractivity contribution in [2.24, 2.45) is 7.05 Å². The maximum Gasteiger partial charge on any atom is 0.272 e. The van der Waals surface area contributed by atoms with Gasteiger partial charge in [-0.15, -0.1) is 11.6 Å². The van der Waals surface area contributed by atoms with E-state index in [-0.39, 0.29) is 12.0 Å². The first-order chi connectivity index (χ1) is 9.65. The number of halogens is 1. The van der Waals surface area contributed by atoms with Gasteiger partial charge in [0.1, 0.15) is 5.69 Å². The van der Waals surface area contributed by atoms with E-state index in [0.717, 1.165) is 38.0 Å². The van der Waals surface area contributed by atoms with E-state index in [0.29, 0.717) is 18.2 Å². The predicted octanol–water partition coefficient (Wildman–Crippen LogP) is 1.84. The van der Waals surface area contributed by atoms with E-state index in [2.05, 4.69) is 5.10 Å². The van der Waals surface area contributed by atoms with E-state index in [1.54, 1.807) is 4.68 Å². The van der Waals surface area contributed by atoms with Gasteiger partial charge in [-0.3, -0.25) is 9.48 Å². The van der Waals surface area contributed by atoms with Gasteiger partial charge in [-0.05, 0) is 25.3 Å². The molecule has 5 nitrogen and oxygen atoms in total. The Kier molecular flexibility index (Phi) is 5.43. The highest BCUT2D eigenvalue weighted by atomic mass is 35.5. The van der Waals surface area contributed by atoms with Crippen molar-refractivity contribution in [1.29, 1.82) is 0 Å². The number of carbonyl (C=O) groups excluding carboxylic acids is 1. The molecule has 0 aliphatic carbocycles. The number of hydrogen-bond donors (Lipinski definition) is 0. The van der Waals surface area contributed by atoms with Gasteiger partial charge in [0.25, 0.3) is 5.91 Å². The zero-order valence-electron chi connectivity index (χ0n) is 12.1. The van der Waals surface area contributed by atoms with Gasteiger partial charge in [-0.2, -0.15) is 5.10 Å². The fourth-order valence-electron chi connectivity index (χ4n) is 2.50. The molecule has 0 atom stereocenters. The second kappa shape index (κ2) is 7.09. The average Bonchev–Trinajstić information content (AvgIpc) is 2.86. The Morgan fingerprint density at radius 1 is 1.50 bits per heavy atom. The Morgan fingerprint density at radius 3 is 2.75 bits per heavy atom. The first-order valence-corrected chi connectivity index (χ1v) is 7.69. The topological polar surface area (TPSA) is 47.4 Å². The quantitative estimate of drug-likeness (QED) is 0.780. The van der Waals surface area contributed by atoms with Crippen LogP contribution < -0.4 is 0 Å². The van der Waals surface area contributed by atoms with Crippen LogP contribution in [0.25, 0.3) is 0 Å². The third-order valence-electron chi connectivity index (χ3n) is 3.67. The molecule has 0 saturated carbocycles. The van der Waals surface area contributed by atoms with Gasteiger partial charge in [0, 0.05) is 26.0 Å². The Bertz CT molecular complexity index is 453. The van der Waals surface area contributed by atoms with Crippen molar-refractivity contribution in [3.63, 3.8) is 0 Å². The molecular formula is C14H22ClN3O2. The molecule has 0 unspecified atom stereocenters. The monoisotopic (exact) mass is 299 g/mol. The van der Waals surface area contributed by atoms with Crippen molar-refractivity contribution >= 4 is 17.5 Å². The van der Waals surface area contributed by atoms with Gasteiger partial charge in [-0.1, -0.05) is 6.92 Å². The van der Waals surface area contributed by atoms with Crippen LogP contribution in [0.1, 0.15) is 35.9 Å². The molecule has 1 aliphatic heterocycles. The summed E-state index contributed by atoms with van der Waals surface area (Å²) in [7, 11) is 1.82. The lowest BCUT2D eigenvalue weighted by molar-refractivity contribution is 0.0151. The second-order valence-electron chi connectivity index (χ2n) is 5.05. The summed E-state index contributed by atoms with van der Waals surface area (Å²) in [6.45, 7) is 4.09. The van der Waals surface area contributed by atoms with Crippen molar-refractivity contribution in [2.45, 2.75) is 32.3 Å². The van der Waals surface area contributed by atoms with Crippen molar-refractivity contribution in [2.75, 3.05) is 25.6 Å². The number of aryl methyl sites for hydroxylation is 2. The molecule has 1 fully saturated rings. The highest BCUT2D eigenvalue weighted by Crippen LogP contribution is 2.17. The molecule has 1 amide bonds. The van der Waals surface area contributed by atoms with Gasteiger partial charge in [-0.25, -0.2) is 0 Å². The van der Waals surface area contributed by atoms with Gasteiger partial charge < -0.3 is 9.64 Å². The fourth-order valence-corrected chi connectivity index (χ4v) is 2.59. The number of amides is 1. The van der Waals surface area contributed by atoms with Gasteiger partial charge in [0.2, 0.25) is 0 Å². The molecule has 6 heteroatoms. The van der Waals surface area contributed by atoms with Crippen LogP contribution in [-0.2, 0) is 18.2 Å². The van der Waals surface area contributed by atoms with E-state index < -0.39 is 0 Å². The number of hydrogen-bond acceptors (Lipinski definition) is 3. The maximum atomic E-state index is 12.5. The normalized spacial score (nSPS) is 16.6. The Balaban J connectivity index is 1.92. The first kappa shape index (κ1) is 15.3. The lowest BCUT2D eigenvalue weighted by Crippen LogP contribution is -2.41. The minimum absolute atomic E-state index is 0.0653. The number of piperidine rings is 1. The Morgan fingerprint density at radius 2 is 2.20 bits per heavy atom. The molecule has 2 rings (SSSR count). The molecule has 2 heterocycles. The molecule has 0 aromatic carbocycles. The van der Waals surface area contributed by atoms with E-state index >= 15 is 0 Å². The van der Waals surface area contributed by atoms with Crippen molar-refractivity contribution in [3.8, 4) is 0 Å². The zero-order valence-corrected chi connectivity index (χ0v) is 12.9. The summed E-state index contributed by atoms with van der Waals surface area (Å²) in [6.07, 6.45) is 2.83. The lowest BCUT2D eigenvalue weighted by Gasteiger charge is -2.31. The smallest absolute Gasteiger partial charge is 0.272 e. The van der Waals surface area contributed by atoms with E-state index in [1.807, 2.05) is 24.9 Å². The number of rotatable bonds is 5. The van der Waals surface area contributed by atoms with Crippen LogP contribution in [0.3, 0.4) is 0 Å². The van der Waals surface area contributed by atoms with Crippen molar-refractivity contribution < 1.29 is 9.53 Å². The average molecular weight is 300 g/mol. The molecule has 0 radical (unpaired) electrons. The summed E-state index contributed by atoms with van der Waals surface area (Å²) in [5.74, 6) is 0.587. The van der Waals surface area contributed by atoms with E-state index in [9.17, 15) is 4.79 Å². The third kappa shape index (κ3) is 3.52. The summed E-state index contributed by atoms with van der Waals surface area (Å²) in [4.78, 5) is 14.4. The Labute approximate surface area is 124 Å². The standard InChI is InChI=1S/C14H22ClN3O2/c1-3-11-10-13(17(2)16-11)14(19)18-7-4-12(5-8-18)20-9-6-15/h10,12H,3-9H2,1-2H3. The van der Waals surface area contributed by atoms with Crippen LogP contribution in [0.5, 0.6) is 0 Å². The molecule has 1 saturated heterocycles. The zero-order chi connectivity index (χ0) is 14.5. The number of carbonyl (C=O) groups is 1. The molecular weight excluding hydrogens is 278 g/mol. The summed E-state index contributed by atoms with van der Waals surface area (Å²) in [5.41, 5.74) is 1.62. The molecule has 1 aromatic heterocycles. The van der Waals surface area contributed by atoms with Crippen LogP contribution in [0, 0.1) is 0 Å². The number of nitrogens with zero attached hydrogens (tertiary/aromatic N) is 3. The van der Waals surface area contributed by atoms with E-state index in [1.165, 1.54) is 0 Å². The maximum absolute atomic E-state index is 12.5. The van der Waals surface area contributed by atoms with Crippen molar-refractivity contribution in [3.05, 3.63) is 17.5 Å². The van der Waals surface area contributed by atoms with Gasteiger partial charge in [0.15, 0.2) is 0 Å². The SMILES string of the molecule is CCc1cc(C(=O)N2CCC(OCCCl)CC2)n(C)n1. The number of alkyl halides is 1. The summed E-state index contributed by atoms with van der Waals surface area (Å²) >= 11 is 5.61. The summed E-state index contributed by atoms with van der Waals surface area (Å²) in [6, 6.07) is 1.89. The van der Waals surface area contributed by atoms with Crippen LogP contribution in [-0.4, -0.2) is 52.3 Å². The van der Waals surface area contributed by atoms with Crippen LogP contribution in [0.15, 0.2) is 6.07 Å². The highest BCUT2D eigenvalue weighted by Gasteiger charge is 2.25. The molecule has 1 aliphatic rings. The van der Waals surface area contributed by atoms with Crippen LogP contribution in [0.4, 0.5) is 0 Å². The molecule has 20 heavy (non-hydrogen) atoms.